The molecular formula is C6H14O6. The zero-order valence-corrected chi connectivity index (χ0v) is 6.50. The molecule has 0 amide bonds. The van der Waals surface area contributed by atoms with Crippen molar-refractivity contribution in [3.05, 3.63) is 0 Å². The second-order valence-electron chi connectivity index (χ2n) is 2.26. The Morgan fingerprint density at radius 2 is 1.42 bits per heavy atom. The molecule has 0 radical (unpaired) electrons. The molecule has 12 heavy (non-hydrogen) atoms. The SMILES string of the molecule is OCC(CO)O[C@H](O)[C@@H](O)CO. The van der Waals surface area contributed by atoms with Crippen LogP contribution in [0.3, 0.4) is 0 Å². The van der Waals surface area contributed by atoms with Gasteiger partial charge in [-0.05, 0) is 0 Å². The largest absolute Gasteiger partial charge is 0.394 e. The van der Waals surface area contributed by atoms with E-state index in [0.29, 0.717) is 0 Å². The normalized spacial score (nSPS) is 16.5. The van der Waals surface area contributed by atoms with E-state index in [1.165, 1.54) is 0 Å². The Morgan fingerprint density at radius 1 is 0.917 bits per heavy atom. The Kier molecular flexibility index (Phi) is 6.17. The van der Waals surface area contributed by atoms with E-state index in [0.717, 1.165) is 0 Å². The van der Waals surface area contributed by atoms with Crippen molar-refractivity contribution in [1.82, 2.24) is 0 Å². The Morgan fingerprint density at radius 3 is 1.75 bits per heavy atom. The number of hydrogen-bond acceptors (Lipinski definition) is 6. The minimum absolute atomic E-state index is 0.467. The lowest BCUT2D eigenvalue weighted by atomic mass is 10.3. The summed E-state index contributed by atoms with van der Waals surface area (Å²) in [5, 5.41) is 43.0. The summed E-state index contributed by atoms with van der Waals surface area (Å²) in [7, 11) is 0. The molecule has 0 saturated heterocycles. The standard InChI is InChI=1S/C6H14O6/c7-1-4(2-8)12-6(11)5(10)3-9/h4-11H,1-3H2/t5-,6-/m0/s1. The molecule has 0 aliphatic heterocycles. The van der Waals surface area contributed by atoms with Crippen LogP contribution in [0.5, 0.6) is 0 Å². The van der Waals surface area contributed by atoms with Gasteiger partial charge in [0, 0.05) is 0 Å². The Labute approximate surface area is 69.6 Å². The number of ether oxygens (including phenoxy) is 1. The smallest absolute Gasteiger partial charge is 0.183 e. The lowest BCUT2D eigenvalue weighted by Gasteiger charge is -2.20. The summed E-state index contributed by atoms with van der Waals surface area (Å²) in [6.07, 6.45) is -3.97. The van der Waals surface area contributed by atoms with Gasteiger partial charge in [-0.15, -0.1) is 0 Å². The number of aliphatic hydroxyl groups is 5. The minimum Gasteiger partial charge on any atom is -0.394 e. The summed E-state index contributed by atoms with van der Waals surface area (Å²) in [6.45, 7) is -1.58. The number of aliphatic hydroxyl groups excluding tert-OH is 5. The molecule has 6 nitrogen and oxygen atoms in total. The molecule has 0 aromatic heterocycles. The second-order valence-corrected chi connectivity index (χ2v) is 2.26. The zero-order chi connectivity index (χ0) is 9.56. The average molecular weight is 182 g/mol. The highest BCUT2D eigenvalue weighted by molar-refractivity contribution is 4.60. The monoisotopic (exact) mass is 182 g/mol. The van der Waals surface area contributed by atoms with Gasteiger partial charge in [0.2, 0.25) is 0 Å². The highest BCUT2D eigenvalue weighted by atomic mass is 16.6. The summed E-state index contributed by atoms with van der Waals surface area (Å²) < 4.78 is 4.55. The first-order valence-electron chi connectivity index (χ1n) is 3.49. The van der Waals surface area contributed by atoms with Crippen molar-refractivity contribution in [3.8, 4) is 0 Å². The summed E-state index contributed by atoms with van der Waals surface area (Å²) in [6, 6.07) is 0. The molecule has 2 atom stereocenters. The van der Waals surface area contributed by atoms with Crippen LogP contribution in [0.2, 0.25) is 0 Å². The van der Waals surface area contributed by atoms with Gasteiger partial charge in [-0.25, -0.2) is 0 Å². The van der Waals surface area contributed by atoms with Gasteiger partial charge < -0.3 is 30.3 Å². The molecule has 5 N–H and O–H groups in total. The fraction of sp³-hybridized carbons (Fsp3) is 1.00. The molecule has 0 rings (SSSR count). The van der Waals surface area contributed by atoms with Crippen molar-refractivity contribution in [2.45, 2.75) is 18.5 Å². The lowest BCUT2D eigenvalue weighted by Crippen LogP contribution is -2.37. The van der Waals surface area contributed by atoms with Gasteiger partial charge in [0.15, 0.2) is 6.29 Å². The average Bonchev–Trinajstić information content (AvgIpc) is 2.12. The first kappa shape index (κ1) is 11.8. The summed E-state index contributed by atoms with van der Waals surface area (Å²) in [5.41, 5.74) is 0. The van der Waals surface area contributed by atoms with E-state index in [9.17, 15) is 0 Å². The van der Waals surface area contributed by atoms with Gasteiger partial charge in [-0.1, -0.05) is 0 Å². The van der Waals surface area contributed by atoms with Gasteiger partial charge in [-0.2, -0.15) is 0 Å². The predicted molar refractivity (Wildman–Crippen MR) is 38.1 cm³/mol. The number of rotatable bonds is 6. The molecule has 0 spiro atoms. The Balaban J connectivity index is 3.72. The minimum atomic E-state index is -1.60. The van der Waals surface area contributed by atoms with E-state index in [-0.39, 0.29) is 0 Å². The van der Waals surface area contributed by atoms with Crippen LogP contribution in [0.4, 0.5) is 0 Å². The van der Waals surface area contributed by atoms with E-state index in [1.54, 1.807) is 0 Å². The topological polar surface area (TPSA) is 110 Å². The molecule has 0 aromatic rings. The quantitative estimate of drug-likeness (QED) is 0.280. The summed E-state index contributed by atoms with van der Waals surface area (Å²) >= 11 is 0. The van der Waals surface area contributed by atoms with E-state index in [1.807, 2.05) is 0 Å². The third-order valence-corrected chi connectivity index (χ3v) is 1.26. The molecule has 0 saturated carbocycles. The van der Waals surface area contributed by atoms with Crippen LogP contribution in [-0.4, -0.2) is 63.9 Å². The van der Waals surface area contributed by atoms with Gasteiger partial charge in [-0.3, -0.25) is 0 Å². The Bertz CT molecular complexity index is 104. The summed E-state index contributed by atoms with van der Waals surface area (Å²) in [4.78, 5) is 0. The van der Waals surface area contributed by atoms with Crippen LogP contribution in [0, 0.1) is 0 Å². The third kappa shape index (κ3) is 3.96. The molecule has 6 heteroatoms. The predicted octanol–water partition coefficient (Wildman–Crippen LogP) is -2.97. The van der Waals surface area contributed by atoms with Crippen molar-refractivity contribution in [2.75, 3.05) is 19.8 Å². The fourth-order valence-electron chi connectivity index (χ4n) is 0.522. The van der Waals surface area contributed by atoms with E-state index < -0.39 is 38.3 Å². The van der Waals surface area contributed by atoms with Crippen LogP contribution in [0.15, 0.2) is 0 Å². The molecule has 0 bridgehead atoms. The van der Waals surface area contributed by atoms with E-state index in [4.69, 9.17) is 25.5 Å². The molecule has 0 aromatic carbocycles. The zero-order valence-electron chi connectivity index (χ0n) is 6.50. The maximum Gasteiger partial charge on any atom is 0.183 e. The van der Waals surface area contributed by atoms with Crippen LogP contribution < -0.4 is 0 Å². The van der Waals surface area contributed by atoms with Crippen molar-refractivity contribution < 1.29 is 30.3 Å². The van der Waals surface area contributed by atoms with Crippen LogP contribution in [-0.2, 0) is 4.74 Å². The lowest BCUT2D eigenvalue weighted by molar-refractivity contribution is -0.207. The second kappa shape index (κ2) is 6.30. The van der Waals surface area contributed by atoms with Gasteiger partial charge >= 0.3 is 0 Å². The first-order valence-corrected chi connectivity index (χ1v) is 3.49. The molecule has 0 heterocycles. The van der Waals surface area contributed by atoms with Crippen LogP contribution >= 0.6 is 0 Å². The highest BCUT2D eigenvalue weighted by Gasteiger charge is 2.19. The molecular weight excluding hydrogens is 168 g/mol. The highest BCUT2D eigenvalue weighted by Crippen LogP contribution is 1.99. The number of hydrogen-bond donors (Lipinski definition) is 5. The molecule has 0 aliphatic rings. The van der Waals surface area contributed by atoms with Crippen molar-refractivity contribution in [2.24, 2.45) is 0 Å². The van der Waals surface area contributed by atoms with E-state index in [2.05, 4.69) is 4.74 Å². The van der Waals surface area contributed by atoms with Crippen LogP contribution in [0.1, 0.15) is 0 Å². The maximum absolute atomic E-state index is 8.90. The van der Waals surface area contributed by atoms with Crippen molar-refractivity contribution in [3.63, 3.8) is 0 Å². The molecule has 0 fully saturated rings. The third-order valence-electron chi connectivity index (χ3n) is 1.26. The van der Waals surface area contributed by atoms with Gasteiger partial charge in [0.1, 0.15) is 12.2 Å². The van der Waals surface area contributed by atoms with Crippen molar-refractivity contribution in [1.29, 1.82) is 0 Å². The van der Waals surface area contributed by atoms with Gasteiger partial charge in [0.25, 0.3) is 0 Å². The Hall–Kier alpha value is -0.240. The molecule has 0 aliphatic carbocycles. The molecule has 74 valence electrons. The van der Waals surface area contributed by atoms with Gasteiger partial charge in [0.05, 0.1) is 19.8 Å². The fourth-order valence-corrected chi connectivity index (χ4v) is 0.522. The van der Waals surface area contributed by atoms with E-state index >= 15 is 0 Å². The maximum atomic E-state index is 8.90. The van der Waals surface area contributed by atoms with Crippen LogP contribution in [0.25, 0.3) is 0 Å². The summed E-state index contributed by atoms with van der Waals surface area (Å²) in [5.74, 6) is 0. The molecule has 0 unspecified atom stereocenters. The first-order chi connectivity index (χ1) is 5.65. The van der Waals surface area contributed by atoms with Crippen molar-refractivity contribution >= 4 is 0 Å².